The third-order valence-corrected chi connectivity index (χ3v) is 3.69. The number of rotatable bonds is 3. The lowest BCUT2D eigenvalue weighted by Gasteiger charge is -2.13. The maximum Gasteiger partial charge on any atom is 0.159 e. The van der Waals surface area contributed by atoms with Crippen LogP contribution in [0.1, 0.15) is 11.7 Å². The minimum absolute atomic E-state index is 0.423. The Kier molecular flexibility index (Phi) is 3.81. The fourth-order valence-electron chi connectivity index (χ4n) is 2.27. The fourth-order valence-corrected chi connectivity index (χ4v) is 2.54. The van der Waals surface area contributed by atoms with Crippen molar-refractivity contribution in [1.29, 1.82) is 5.26 Å². The molecule has 0 aliphatic rings. The van der Waals surface area contributed by atoms with E-state index in [1.165, 1.54) is 0 Å². The Hall–Kier alpha value is -2.78. The zero-order valence-corrected chi connectivity index (χ0v) is 12.7. The molecule has 1 unspecified atom stereocenters. The highest BCUT2D eigenvalue weighted by Crippen LogP contribution is 2.21. The summed E-state index contributed by atoms with van der Waals surface area (Å²) >= 11 is 5.40. The molecule has 108 valence electrons. The second-order valence-electron chi connectivity index (χ2n) is 4.79. The number of aryl methyl sites for hydroxylation is 1. The van der Waals surface area contributed by atoms with Crippen LogP contribution in [0, 0.1) is 11.3 Å². The number of aromatic nitrogens is 3. The van der Waals surface area contributed by atoms with Crippen LogP contribution in [-0.2, 0) is 7.05 Å². The van der Waals surface area contributed by atoms with Gasteiger partial charge in [0.15, 0.2) is 11.6 Å². The number of imidazole rings is 1. The average Bonchev–Trinajstić information content (AvgIpc) is 2.87. The lowest BCUT2D eigenvalue weighted by atomic mass is 10.1. The van der Waals surface area contributed by atoms with Crippen LogP contribution in [0.15, 0.2) is 48.7 Å². The maximum absolute atomic E-state index is 9.53. The van der Waals surface area contributed by atoms with E-state index in [1.807, 2.05) is 54.1 Å². The molecule has 1 N–H and O–H groups in total. The van der Waals surface area contributed by atoms with Gasteiger partial charge in [-0.1, -0.05) is 30.4 Å². The number of pyridine rings is 1. The molecule has 0 fully saturated rings. The minimum Gasteiger partial charge on any atom is -0.349 e. The first-order valence-electron chi connectivity index (χ1n) is 6.73. The standard InChI is InChI=1S/C16H13N5S/c1-21-14(20-13-8-5-9-18-15(13)21)12(10-17)16(22)19-11-6-3-2-4-7-11/h2-9,12H,1H3,(H,19,22). The quantitative estimate of drug-likeness (QED) is 0.753. The summed E-state index contributed by atoms with van der Waals surface area (Å²) in [5.41, 5.74) is 2.34. The number of anilines is 1. The Morgan fingerprint density at radius 2 is 2.05 bits per heavy atom. The molecule has 3 rings (SSSR count). The van der Waals surface area contributed by atoms with Gasteiger partial charge in [-0.05, 0) is 24.3 Å². The number of hydrogen-bond donors (Lipinski definition) is 1. The Morgan fingerprint density at radius 3 is 2.73 bits per heavy atom. The molecule has 1 atom stereocenters. The van der Waals surface area contributed by atoms with Crippen LogP contribution in [0.5, 0.6) is 0 Å². The van der Waals surface area contributed by atoms with E-state index in [-0.39, 0.29) is 0 Å². The fraction of sp³-hybridized carbons (Fsp3) is 0.125. The summed E-state index contributed by atoms with van der Waals surface area (Å²) < 4.78 is 1.81. The maximum atomic E-state index is 9.53. The number of nitrogens with zero attached hydrogens (tertiary/aromatic N) is 4. The number of nitriles is 1. The molecule has 0 bridgehead atoms. The highest BCUT2D eigenvalue weighted by Gasteiger charge is 2.23. The molecule has 3 aromatic rings. The molecular formula is C16H13N5S. The van der Waals surface area contributed by atoms with E-state index < -0.39 is 5.92 Å². The van der Waals surface area contributed by atoms with Crippen molar-refractivity contribution in [2.75, 3.05) is 5.32 Å². The second-order valence-corrected chi connectivity index (χ2v) is 5.23. The summed E-state index contributed by atoms with van der Waals surface area (Å²) in [4.78, 5) is 9.21. The zero-order chi connectivity index (χ0) is 15.5. The molecule has 5 nitrogen and oxygen atoms in total. The lowest BCUT2D eigenvalue weighted by molar-refractivity contribution is 0.826. The number of thiocarbonyl (C=S) groups is 1. The van der Waals surface area contributed by atoms with Crippen LogP contribution in [0.2, 0.25) is 0 Å². The van der Waals surface area contributed by atoms with Crippen LogP contribution >= 0.6 is 12.2 Å². The lowest BCUT2D eigenvalue weighted by Crippen LogP contribution is -2.20. The van der Waals surface area contributed by atoms with Crippen LogP contribution in [0.3, 0.4) is 0 Å². The summed E-state index contributed by atoms with van der Waals surface area (Å²) in [6.07, 6.45) is 1.70. The predicted molar refractivity (Wildman–Crippen MR) is 89.5 cm³/mol. The molecular weight excluding hydrogens is 294 g/mol. The van der Waals surface area contributed by atoms with Crippen LogP contribution in [0.25, 0.3) is 11.2 Å². The smallest absolute Gasteiger partial charge is 0.159 e. The first kappa shape index (κ1) is 14.2. The van der Waals surface area contributed by atoms with Gasteiger partial charge in [0.1, 0.15) is 16.3 Å². The Labute approximate surface area is 133 Å². The summed E-state index contributed by atoms with van der Waals surface area (Å²) in [6.45, 7) is 0. The van der Waals surface area contributed by atoms with Gasteiger partial charge >= 0.3 is 0 Å². The van der Waals surface area contributed by atoms with Gasteiger partial charge in [-0.2, -0.15) is 5.26 Å². The van der Waals surface area contributed by atoms with E-state index in [4.69, 9.17) is 12.2 Å². The summed E-state index contributed by atoms with van der Waals surface area (Å²) in [7, 11) is 1.84. The van der Waals surface area contributed by atoms with Gasteiger partial charge in [-0.3, -0.25) is 0 Å². The Morgan fingerprint density at radius 1 is 1.27 bits per heavy atom. The Balaban J connectivity index is 1.94. The molecule has 0 amide bonds. The van der Waals surface area contributed by atoms with E-state index in [2.05, 4.69) is 21.4 Å². The molecule has 0 aliphatic heterocycles. The SMILES string of the molecule is Cn1c(C(C#N)C(=S)Nc2ccccc2)nc2cccnc21. The van der Waals surface area contributed by atoms with Gasteiger partial charge in [0.05, 0.1) is 6.07 Å². The third-order valence-electron chi connectivity index (χ3n) is 3.35. The zero-order valence-electron chi connectivity index (χ0n) is 11.9. The average molecular weight is 307 g/mol. The molecule has 2 aromatic heterocycles. The largest absolute Gasteiger partial charge is 0.349 e. The molecule has 0 spiro atoms. The van der Waals surface area contributed by atoms with Crippen LogP contribution in [0.4, 0.5) is 5.69 Å². The van der Waals surface area contributed by atoms with E-state index >= 15 is 0 Å². The van der Waals surface area contributed by atoms with Gasteiger partial charge in [0, 0.05) is 18.9 Å². The van der Waals surface area contributed by atoms with Crippen molar-refractivity contribution < 1.29 is 0 Å². The van der Waals surface area contributed by atoms with E-state index in [9.17, 15) is 5.26 Å². The van der Waals surface area contributed by atoms with Crippen molar-refractivity contribution in [1.82, 2.24) is 14.5 Å². The molecule has 2 heterocycles. The van der Waals surface area contributed by atoms with Gasteiger partial charge in [0.2, 0.25) is 0 Å². The minimum atomic E-state index is -0.630. The number of benzene rings is 1. The number of fused-ring (bicyclic) bond motifs is 1. The van der Waals surface area contributed by atoms with Crippen molar-refractivity contribution in [3.8, 4) is 6.07 Å². The Bertz CT molecular complexity index is 863. The van der Waals surface area contributed by atoms with Crippen LogP contribution in [-0.4, -0.2) is 19.5 Å². The number of para-hydroxylation sites is 1. The van der Waals surface area contributed by atoms with Gasteiger partial charge < -0.3 is 9.88 Å². The molecule has 0 radical (unpaired) electrons. The van der Waals surface area contributed by atoms with Crippen molar-refractivity contribution in [2.45, 2.75) is 5.92 Å². The first-order valence-corrected chi connectivity index (χ1v) is 7.14. The normalized spacial score (nSPS) is 11.8. The summed E-state index contributed by atoms with van der Waals surface area (Å²) in [5.74, 6) is -0.0426. The molecule has 0 aliphatic carbocycles. The second kappa shape index (κ2) is 5.92. The molecule has 6 heteroatoms. The topological polar surface area (TPSA) is 66.5 Å². The summed E-state index contributed by atoms with van der Waals surface area (Å²) in [5, 5.41) is 12.6. The first-order chi connectivity index (χ1) is 10.7. The molecule has 1 aromatic carbocycles. The molecule has 22 heavy (non-hydrogen) atoms. The van der Waals surface area contributed by atoms with Crippen molar-refractivity contribution in [2.24, 2.45) is 7.05 Å². The van der Waals surface area contributed by atoms with Crippen molar-refractivity contribution in [3.63, 3.8) is 0 Å². The van der Waals surface area contributed by atoms with E-state index in [1.54, 1.807) is 6.20 Å². The number of nitrogens with one attached hydrogen (secondary N) is 1. The van der Waals surface area contributed by atoms with Gasteiger partial charge in [0.25, 0.3) is 0 Å². The highest BCUT2D eigenvalue weighted by molar-refractivity contribution is 7.80. The third kappa shape index (κ3) is 2.54. The molecule has 0 saturated carbocycles. The van der Waals surface area contributed by atoms with E-state index in [0.717, 1.165) is 16.9 Å². The van der Waals surface area contributed by atoms with E-state index in [0.29, 0.717) is 10.8 Å². The number of hydrogen-bond acceptors (Lipinski definition) is 4. The predicted octanol–water partition coefficient (Wildman–Crippen LogP) is 3.01. The highest BCUT2D eigenvalue weighted by atomic mass is 32.1. The summed E-state index contributed by atoms with van der Waals surface area (Å²) in [6, 6.07) is 15.5. The van der Waals surface area contributed by atoms with Gasteiger partial charge in [-0.15, -0.1) is 0 Å². The monoisotopic (exact) mass is 307 g/mol. The van der Waals surface area contributed by atoms with Gasteiger partial charge in [-0.25, -0.2) is 9.97 Å². The van der Waals surface area contributed by atoms with Crippen molar-refractivity contribution in [3.05, 3.63) is 54.5 Å². The van der Waals surface area contributed by atoms with Crippen LogP contribution < -0.4 is 5.32 Å². The van der Waals surface area contributed by atoms with Crippen molar-refractivity contribution >= 4 is 34.1 Å². The molecule has 0 saturated heterocycles.